The van der Waals surface area contributed by atoms with E-state index < -0.39 is 29.4 Å². The normalized spacial score (nSPS) is 23.7. The molecule has 0 spiro atoms. The first-order chi connectivity index (χ1) is 14.7. The fraction of sp³-hybridized carbons (Fsp3) is 0.417. The predicted molar refractivity (Wildman–Crippen MR) is 114 cm³/mol. The molecule has 0 saturated carbocycles. The van der Waals surface area contributed by atoms with Crippen LogP contribution in [0.15, 0.2) is 58.5 Å². The van der Waals surface area contributed by atoms with E-state index in [-0.39, 0.29) is 28.9 Å². The number of carboxylic acids is 1. The molecule has 0 amide bonds. The van der Waals surface area contributed by atoms with Crippen molar-refractivity contribution in [1.29, 1.82) is 0 Å². The minimum Gasteiger partial charge on any atom is -0.480 e. The van der Waals surface area contributed by atoms with Crippen molar-refractivity contribution in [3.63, 3.8) is 0 Å². The summed E-state index contributed by atoms with van der Waals surface area (Å²) in [4.78, 5) is 51.8. The number of hydrogen-bond donors (Lipinski definition) is 1. The lowest BCUT2D eigenvalue weighted by Crippen LogP contribution is -2.44. The lowest BCUT2D eigenvalue weighted by Gasteiger charge is -2.35. The number of Topliss-reactive ketones (excluding diaryl/α,β-unsaturated/α-hetero) is 2. The first-order valence-electron chi connectivity index (χ1n) is 10.5. The van der Waals surface area contributed by atoms with Crippen LogP contribution in [0.25, 0.3) is 0 Å². The molecule has 0 bridgehead atoms. The van der Waals surface area contributed by atoms with Crippen molar-refractivity contribution in [2.45, 2.75) is 65.0 Å². The van der Waals surface area contributed by atoms with Gasteiger partial charge in [0.2, 0.25) is 5.78 Å². The zero-order valence-electron chi connectivity index (χ0n) is 18.2. The van der Waals surface area contributed by atoms with Gasteiger partial charge in [-0.1, -0.05) is 25.8 Å². The van der Waals surface area contributed by atoms with E-state index in [9.17, 15) is 24.3 Å². The van der Waals surface area contributed by atoms with Crippen molar-refractivity contribution in [1.82, 2.24) is 4.90 Å². The van der Waals surface area contributed by atoms with Crippen LogP contribution in [0, 0.1) is 0 Å². The molecule has 1 N–H and O–H groups in total. The van der Waals surface area contributed by atoms with Gasteiger partial charge >= 0.3 is 11.9 Å². The number of unbranched alkanes of at least 4 members (excludes halogenated alkanes) is 2. The molecule has 0 aromatic rings. The number of ketones is 2. The Hall–Kier alpha value is -3.22. The van der Waals surface area contributed by atoms with Gasteiger partial charge in [0.1, 0.15) is 11.6 Å². The third-order valence-corrected chi connectivity index (χ3v) is 5.84. The molecule has 0 fully saturated rings. The Morgan fingerprint density at radius 3 is 2.58 bits per heavy atom. The van der Waals surface area contributed by atoms with Crippen LogP contribution in [-0.2, 0) is 23.9 Å². The van der Waals surface area contributed by atoms with Crippen LogP contribution in [0.2, 0.25) is 0 Å². The fourth-order valence-electron chi connectivity index (χ4n) is 4.02. The molecule has 3 aliphatic rings. The maximum atomic E-state index is 13.4. The molecule has 2 aliphatic heterocycles. The summed E-state index contributed by atoms with van der Waals surface area (Å²) in [5.41, 5.74) is 0.00147. The highest BCUT2D eigenvalue weighted by molar-refractivity contribution is 6.25. The lowest BCUT2D eigenvalue weighted by molar-refractivity contribution is -0.153. The van der Waals surface area contributed by atoms with E-state index in [2.05, 4.69) is 0 Å². The summed E-state index contributed by atoms with van der Waals surface area (Å²) in [6.07, 6.45) is 11.1. The third-order valence-electron chi connectivity index (χ3n) is 5.84. The number of carbonyl (C=O) groups excluding carboxylic acids is 3. The summed E-state index contributed by atoms with van der Waals surface area (Å²) in [7, 11) is 0. The monoisotopic (exact) mass is 425 g/mol. The maximum Gasteiger partial charge on any atom is 0.343 e. The summed E-state index contributed by atoms with van der Waals surface area (Å²) in [6.45, 7) is 6.84. The van der Waals surface area contributed by atoms with Gasteiger partial charge in [0.05, 0.1) is 0 Å². The van der Waals surface area contributed by atoms with Gasteiger partial charge in [0.15, 0.2) is 11.4 Å². The van der Waals surface area contributed by atoms with Crippen molar-refractivity contribution >= 4 is 23.5 Å². The summed E-state index contributed by atoms with van der Waals surface area (Å²) in [5.74, 6) is -2.61. The van der Waals surface area contributed by atoms with Gasteiger partial charge in [-0.25, -0.2) is 9.59 Å². The Labute approximate surface area is 181 Å². The molecule has 3 rings (SSSR count). The van der Waals surface area contributed by atoms with Crippen LogP contribution in [0.3, 0.4) is 0 Å². The van der Waals surface area contributed by atoms with Gasteiger partial charge in [-0.2, -0.15) is 0 Å². The van der Waals surface area contributed by atoms with Gasteiger partial charge in [-0.3, -0.25) is 9.59 Å². The highest BCUT2D eigenvalue weighted by Crippen LogP contribution is 2.44. The van der Waals surface area contributed by atoms with Crippen molar-refractivity contribution in [2.24, 2.45) is 0 Å². The zero-order chi connectivity index (χ0) is 22.9. The molecule has 0 radical (unpaired) electrons. The largest absolute Gasteiger partial charge is 0.480 e. The summed E-state index contributed by atoms with van der Waals surface area (Å²) in [6, 6.07) is -0.907. The topological polar surface area (TPSA) is 101 Å². The molecule has 7 nitrogen and oxygen atoms in total. The first kappa shape index (κ1) is 22.5. The number of carbonyl (C=O) groups is 4. The van der Waals surface area contributed by atoms with Gasteiger partial charge < -0.3 is 14.7 Å². The standard InChI is InChI=1S/C24H27NO6/c1-5-7-8-10-19(26)20-18-12-15-11-16(9-6-2)25(14(3)22(28)29)13-17(15)21(27)24(18,4)31-23(20)30/h6,9,11-14H,5,7-8,10H2,1-4H3,(H,28,29)/b9-6+/t14-,24+/m0/s1. The van der Waals surface area contributed by atoms with Crippen LogP contribution in [0.4, 0.5) is 0 Å². The third kappa shape index (κ3) is 3.80. The molecule has 31 heavy (non-hydrogen) atoms. The Morgan fingerprint density at radius 1 is 1.26 bits per heavy atom. The molecule has 2 heterocycles. The first-order valence-corrected chi connectivity index (χ1v) is 10.5. The van der Waals surface area contributed by atoms with E-state index in [0.717, 1.165) is 12.8 Å². The van der Waals surface area contributed by atoms with E-state index in [1.165, 1.54) is 24.9 Å². The van der Waals surface area contributed by atoms with Crippen molar-refractivity contribution < 1.29 is 29.0 Å². The second-order valence-electron chi connectivity index (χ2n) is 8.05. The number of aliphatic carboxylic acids is 1. The minimum atomic E-state index is -1.59. The number of nitrogens with zero attached hydrogens (tertiary/aromatic N) is 1. The molecule has 0 aromatic heterocycles. The van der Waals surface area contributed by atoms with Gasteiger partial charge in [0.25, 0.3) is 0 Å². The number of rotatable bonds is 8. The molecule has 164 valence electrons. The van der Waals surface area contributed by atoms with Crippen molar-refractivity contribution in [2.75, 3.05) is 0 Å². The second kappa shape index (κ2) is 8.49. The lowest BCUT2D eigenvalue weighted by atomic mass is 9.76. The number of allylic oxidation sites excluding steroid dienone is 4. The molecule has 2 atom stereocenters. The van der Waals surface area contributed by atoms with Gasteiger partial charge in [-0.15, -0.1) is 0 Å². The van der Waals surface area contributed by atoms with Crippen molar-refractivity contribution in [3.8, 4) is 0 Å². The quantitative estimate of drug-likeness (QED) is 0.361. The Bertz CT molecular complexity index is 1010. The molecule has 0 unspecified atom stereocenters. The van der Waals surface area contributed by atoms with Crippen LogP contribution >= 0.6 is 0 Å². The number of ether oxygens (including phenoxy) is 1. The Kier molecular flexibility index (Phi) is 6.15. The second-order valence-corrected chi connectivity index (χ2v) is 8.05. The average molecular weight is 425 g/mol. The molecular formula is C24H27NO6. The summed E-state index contributed by atoms with van der Waals surface area (Å²) >= 11 is 0. The van der Waals surface area contributed by atoms with Crippen LogP contribution in [-0.4, -0.2) is 45.2 Å². The summed E-state index contributed by atoms with van der Waals surface area (Å²) in [5, 5.41) is 9.47. The van der Waals surface area contributed by atoms with Crippen LogP contribution in [0.5, 0.6) is 0 Å². The van der Waals surface area contributed by atoms with E-state index in [0.29, 0.717) is 17.7 Å². The minimum absolute atomic E-state index is 0.0548. The Balaban J connectivity index is 2.12. The van der Waals surface area contributed by atoms with E-state index in [1.54, 1.807) is 31.2 Å². The van der Waals surface area contributed by atoms with Crippen LogP contribution < -0.4 is 0 Å². The zero-order valence-corrected chi connectivity index (χ0v) is 18.2. The number of hydrogen-bond acceptors (Lipinski definition) is 6. The highest BCUT2D eigenvalue weighted by atomic mass is 16.6. The highest BCUT2D eigenvalue weighted by Gasteiger charge is 2.54. The van der Waals surface area contributed by atoms with Gasteiger partial charge in [-0.05, 0) is 51.0 Å². The van der Waals surface area contributed by atoms with Crippen LogP contribution in [0.1, 0.15) is 53.4 Å². The van der Waals surface area contributed by atoms with E-state index in [4.69, 9.17) is 4.74 Å². The van der Waals surface area contributed by atoms with Gasteiger partial charge in [0, 0.05) is 29.5 Å². The van der Waals surface area contributed by atoms with E-state index >= 15 is 0 Å². The smallest absolute Gasteiger partial charge is 0.343 e. The number of carboxylic acid groups (broad SMARTS) is 1. The number of fused-ring (bicyclic) bond motifs is 2. The van der Waals surface area contributed by atoms with E-state index in [1.807, 2.05) is 6.92 Å². The molecule has 0 aromatic carbocycles. The van der Waals surface area contributed by atoms with Crippen molar-refractivity contribution in [3.05, 3.63) is 58.5 Å². The predicted octanol–water partition coefficient (Wildman–Crippen LogP) is 3.39. The summed E-state index contributed by atoms with van der Waals surface area (Å²) < 4.78 is 5.43. The SMILES string of the molecule is C/C=C/C1=CC2=CC3=C(C(=O)CCCCC)C(=O)O[C@@]3(C)C(=O)C2=CN1[C@@H](C)C(=O)O. The average Bonchev–Trinajstić information content (AvgIpc) is 2.98. The fourth-order valence-corrected chi connectivity index (χ4v) is 4.02. The molecular weight excluding hydrogens is 398 g/mol. The molecule has 1 aliphatic carbocycles. The number of esters is 1. The maximum absolute atomic E-state index is 13.4. The molecule has 0 saturated heterocycles. The Morgan fingerprint density at radius 2 is 1.97 bits per heavy atom. The molecule has 7 heteroatoms.